The summed E-state index contributed by atoms with van der Waals surface area (Å²) in [6.07, 6.45) is 1.48. The molecule has 1 aromatic rings. The number of hydrogen-bond donors (Lipinski definition) is 2. The highest BCUT2D eigenvalue weighted by Crippen LogP contribution is 2.38. The second-order valence-electron chi connectivity index (χ2n) is 5.40. The summed E-state index contributed by atoms with van der Waals surface area (Å²) in [4.78, 5) is 25.1. The molecule has 0 aliphatic carbocycles. The predicted octanol–water partition coefficient (Wildman–Crippen LogP) is 2.15. The molecule has 1 amide bonds. The molecule has 1 saturated heterocycles. The lowest BCUT2D eigenvalue weighted by molar-refractivity contribution is -0.144. The number of aliphatic carboxylic acids is 1. The Labute approximate surface area is 131 Å². The number of carboxylic acids is 1. The largest absolute Gasteiger partial charge is 0.481 e. The number of piperidine rings is 1. The highest BCUT2D eigenvalue weighted by atomic mass is 32.1. The number of carboxylic acid groups (broad SMARTS) is 1. The van der Waals surface area contributed by atoms with Crippen molar-refractivity contribution in [1.29, 1.82) is 0 Å². The van der Waals surface area contributed by atoms with E-state index in [4.69, 9.17) is 5.11 Å². The molecule has 2 aliphatic rings. The minimum Gasteiger partial charge on any atom is -0.481 e. The molecule has 1 fully saturated rings. The SMILES string of the molecule is O=C(CN1CCCC(C(=O)O)C1)Nc1cccc2c1N=S=N2. The first kappa shape index (κ1) is 14.9. The minimum atomic E-state index is -0.788. The molecule has 116 valence electrons. The first-order valence-electron chi connectivity index (χ1n) is 7.10. The third-order valence-electron chi connectivity index (χ3n) is 3.78. The maximum atomic E-state index is 12.2. The van der Waals surface area contributed by atoms with E-state index in [2.05, 4.69) is 14.0 Å². The molecule has 2 aliphatic heterocycles. The zero-order valence-electron chi connectivity index (χ0n) is 11.9. The van der Waals surface area contributed by atoms with Crippen LogP contribution in [0.15, 0.2) is 26.9 Å². The third kappa shape index (κ3) is 3.23. The van der Waals surface area contributed by atoms with Gasteiger partial charge in [-0.25, -0.2) is 0 Å². The van der Waals surface area contributed by atoms with E-state index in [0.717, 1.165) is 30.0 Å². The summed E-state index contributed by atoms with van der Waals surface area (Å²) in [6.45, 7) is 1.36. The molecule has 2 heterocycles. The van der Waals surface area contributed by atoms with Crippen LogP contribution in [0.25, 0.3) is 0 Å². The monoisotopic (exact) mass is 320 g/mol. The Morgan fingerprint density at radius 3 is 3.09 bits per heavy atom. The molecule has 1 unspecified atom stereocenters. The Morgan fingerprint density at radius 1 is 1.41 bits per heavy atom. The topological polar surface area (TPSA) is 94.4 Å². The standard InChI is InChI=1S/C14H16N4O3S/c19-12(8-18-6-2-3-9(7-18)14(20)21)15-10-4-1-5-11-13(10)17-22-16-11/h1,4-5,9H,2-3,6-8H2,(H,15,19)(H,20,21). The molecular weight excluding hydrogens is 304 g/mol. The number of anilines is 1. The molecule has 0 radical (unpaired) electrons. The number of rotatable bonds is 4. The fourth-order valence-electron chi connectivity index (χ4n) is 2.70. The summed E-state index contributed by atoms with van der Waals surface area (Å²) < 4.78 is 8.31. The van der Waals surface area contributed by atoms with Gasteiger partial charge in [-0.2, -0.15) is 8.73 Å². The Kier molecular flexibility index (Phi) is 4.30. The molecule has 7 nitrogen and oxygen atoms in total. The van der Waals surface area contributed by atoms with Crippen LogP contribution in [0.1, 0.15) is 12.8 Å². The lowest BCUT2D eigenvalue weighted by atomic mass is 9.98. The number of likely N-dealkylation sites (tertiary alicyclic amines) is 1. The summed E-state index contributed by atoms with van der Waals surface area (Å²) in [5.41, 5.74) is 2.08. The number of benzene rings is 1. The number of hydrogen-bond acceptors (Lipinski definition) is 5. The fourth-order valence-corrected chi connectivity index (χ4v) is 3.25. The molecule has 0 spiro atoms. The lowest BCUT2D eigenvalue weighted by Crippen LogP contribution is -2.42. The van der Waals surface area contributed by atoms with Crippen LogP contribution in [0, 0.1) is 5.92 Å². The molecule has 0 bridgehead atoms. The van der Waals surface area contributed by atoms with E-state index in [1.807, 2.05) is 17.0 Å². The summed E-state index contributed by atoms with van der Waals surface area (Å²) in [6, 6.07) is 5.45. The van der Waals surface area contributed by atoms with Crippen LogP contribution < -0.4 is 5.32 Å². The van der Waals surface area contributed by atoms with Crippen molar-refractivity contribution in [1.82, 2.24) is 4.90 Å². The Hall–Kier alpha value is -2.06. The summed E-state index contributed by atoms with van der Waals surface area (Å²) in [7, 11) is 0. The van der Waals surface area contributed by atoms with Crippen molar-refractivity contribution >= 4 is 40.3 Å². The van der Waals surface area contributed by atoms with Crippen LogP contribution in [0.5, 0.6) is 0 Å². The zero-order valence-corrected chi connectivity index (χ0v) is 12.7. The molecule has 0 aromatic heterocycles. The van der Waals surface area contributed by atoms with Gasteiger partial charge in [0, 0.05) is 6.54 Å². The summed E-state index contributed by atoms with van der Waals surface area (Å²) >= 11 is 1.11. The average Bonchev–Trinajstić information content (AvgIpc) is 2.97. The fraction of sp³-hybridized carbons (Fsp3) is 0.429. The molecule has 22 heavy (non-hydrogen) atoms. The van der Waals surface area contributed by atoms with Crippen LogP contribution in [-0.4, -0.2) is 41.5 Å². The van der Waals surface area contributed by atoms with Gasteiger partial charge in [0.25, 0.3) is 0 Å². The quantitative estimate of drug-likeness (QED) is 0.902. The summed E-state index contributed by atoms with van der Waals surface area (Å²) in [5.74, 6) is -1.33. The van der Waals surface area contributed by atoms with Gasteiger partial charge in [-0.3, -0.25) is 14.5 Å². The molecular formula is C14H16N4O3S. The highest BCUT2D eigenvalue weighted by molar-refractivity contribution is 7.58. The molecule has 1 atom stereocenters. The molecule has 3 rings (SSSR count). The van der Waals surface area contributed by atoms with Crippen molar-refractivity contribution in [2.75, 3.05) is 25.0 Å². The van der Waals surface area contributed by atoms with E-state index in [1.165, 1.54) is 0 Å². The zero-order chi connectivity index (χ0) is 15.5. The number of carbonyl (C=O) groups excluding carboxylic acids is 1. The first-order valence-corrected chi connectivity index (χ1v) is 7.83. The number of carbonyl (C=O) groups is 2. The predicted molar refractivity (Wildman–Crippen MR) is 83.4 cm³/mol. The van der Waals surface area contributed by atoms with Crippen molar-refractivity contribution < 1.29 is 14.7 Å². The van der Waals surface area contributed by atoms with Crippen LogP contribution in [0.2, 0.25) is 0 Å². The normalized spacial score (nSPS) is 20.3. The number of nitrogens with zero attached hydrogens (tertiary/aromatic N) is 3. The maximum absolute atomic E-state index is 12.2. The van der Waals surface area contributed by atoms with Crippen LogP contribution in [0.4, 0.5) is 17.1 Å². The maximum Gasteiger partial charge on any atom is 0.307 e. The van der Waals surface area contributed by atoms with Gasteiger partial charge < -0.3 is 10.4 Å². The lowest BCUT2D eigenvalue weighted by Gasteiger charge is -2.29. The van der Waals surface area contributed by atoms with E-state index in [-0.39, 0.29) is 18.4 Å². The van der Waals surface area contributed by atoms with Gasteiger partial charge in [0.15, 0.2) is 0 Å². The number of nitrogens with one attached hydrogen (secondary N) is 1. The number of fused-ring (bicyclic) bond motifs is 1. The molecule has 2 N–H and O–H groups in total. The molecule has 1 aromatic carbocycles. The van der Waals surface area contributed by atoms with E-state index in [0.29, 0.717) is 24.3 Å². The van der Waals surface area contributed by atoms with Gasteiger partial charge in [0.2, 0.25) is 5.91 Å². The van der Waals surface area contributed by atoms with Gasteiger partial charge in [0.1, 0.15) is 11.4 Å². The van der Waals surface area contributed by atoms with Gasteiger partial charge in [-0.05, 0) is 31.5 Å². The third-order valence-corrected chi connectivity index (χ3v) is 4.32. The van der Waals surface area contributed by atoms with Gasteiger partial charge in [-0.15, -0.1) is 0 Å². The number of amides is 1. The first-order chi connectivity index (χ1) is 10.6. The van der Waals surface area contributed by atoms with Crippen LogP contribution in [-0.2, 0) is 20.9 Å². The van der Waals surface area contributed by atoms with Crippen molar-refractivity contribution in [2.24, 2.45) is 14.6 Å². The van der Waals surface area contributed by atoms with Gasteiger partial charge in [0.05, 0.1) is 29.5 Å². The van der Waals surface area contributed by atoms with E-state index in [1.54, 1.807) is 6.07 Å². The smallest absolute Gasteiger partial charge is 0.307 e. The second-order valence-corrected chi connectivity index (χ2v) is 5.93. The van der Waals surface area contributed by atoms with Crippen molar-refractivity contribution in [3.05, 3.63) is 18.2 Å². The Morgan fingerprint density at radius 2 is 2.27 bits per heavy atom. The van der Waals surface area contributed by atoms with Gasteiger partial charge >= 0.3 is 5.97 Å². The summed E-state index contributed by atoms with van der Waals surface area (Å²) in [5, 5.41) is 11.9. The van der Waals surface area contributed by atoms with E-state index >= 15 is 0 Å². The Bertz CT molecular complexity index is 685. The van der Waals surface area contributed by atoms with Crippen molar-refractivity contribution in [3.8, 4) is 0 Å². The molecule has 0 saturated carbocycles. The highest BCUT2D eigenvalue weighted by Gasteiger charge is 2.26. The second kappa shape index (κ2) is 6.37. The average molecular weight is 320 g/mol. The minimum absolute atomic E-state index is 0.161. The van der Waals surface area contributed by atoms with Crippen LogP contribution in [0.3, 0.4) is 0 Å². The molecule has 8 heteroatoms. The van der Waals surface area contributed by atoms with Crippen molar-refractivity contribution in [2.45, 2.75) is 12.8 Å². The Balaban J connectivity index is 1.60. The van der Waals surface area contributed by atoms with Gasteiger partial charge in [-0.1, -0.05) is 6.07 Å². The van der Waals surface area contributed by atoms with Crippen LogP contribution >= 0.6 is 0 Å². The van der Waals surface area contributed by atoms with E-state index in [9.17, 15) is 9.59 Å². The van der Waals surface area contributed by atoms with E-state index < -0.39 is 5.97 Å². The van der Waals surface area contributed by atoms with Crippen molar-refractivity contribution in [3.63, 3.8) is 0 Å².